The van der Waals surface area contributed by atoms with E-state index >= 15 is 0 Å². The van der Waals surface area contributed by atoms with Gasteiger partial charge in [-0.1, -0.05) is 38.1 Å². The minimum Gasteiger partial charge on any atom is -0.465 e. The number of methoxy groups -OCH3 is 2. The summed E-state index contributed by atoms with van der Waals surface area (Å²) < 4.78 is 9.67. The minimum absolute atomic E-state index is 0.0429. The van der Waals surface area contributed by atoms with Crippen LogP contribution < -0.4 is 10.6 Å². The van der Waals surface area contributed by atoms with E-state index in [1.54, 1.807) is 6.92 Å². The van der Waals surface area contributed by atoms with Gasteiger partial charge < -0.3 is 20.1 Å². The summed E-state index contributed by atoms with van der Waals surface area (Å²) in [5.41, 5.74) is 3.17. The van der Waals surface area contributed by atoms with Crippen LogP contribution in [0.3, 0.4) is 0 Å². The molecule has 0 aliphatic rings. The van der Waals surface area contributed by atoms with Crippen molar-refractivity contribution in [2.45, 2.75) is 46.1 Å². The van der Waals surface area contributed by atoms with Crippen molar-refractivity contribution in [2.24, 2.45) is 0 Å². The van der Waals surface area contributed by atoms with Crippen LogP contribution in [0.1, 0.15) is 75.9 Å². The number of benzene rings is 1. The highest BCUT2D eigenvalue weighted by Gasteiger charge is 2.26. The van der Waals surface area contributed by atoms with Gasteiger partial charge >= 0.3 is 11.9 Å². The Kier molecular flexibility index (Phi) is 8.37. The first-order chi connectivity index (χ1) is 14.2. The van der Waals surface area contributed by atoms with Gasteiger partial charge in [0.2, 0.25) is 0 Å². The Labute approximate surface area is 187 Å². The minimum atomic E-state index is -0.544. The molecule has 1 heterocycles. The summed E-state index contributed by atoms with van der Waals surface area (Å²) in [6.07, 6.45) is 1.09. The van der Waals surface area contributed by atoms with E-state index in [4.69, 9.17) is 21.7 Å². The molecule has 0 saturated heterocycles. The average molecular weight is 449 g/mol. The third-order valence-electron chi connectivity index (χ3n) is 5.10. The molecule has 30 heavy (non-hydrogen) atoms. The highest BCUT2D eigenvalue weighted by molar-refractivity contribution is 7.80. The number of carbonyl (C=O) groups is 2. The molecule has 0 fully saturated rings. The van der Waals surface area contributed by atoms with Crippen molar-refractivity contribution in [3.8, 4) is 0 Å². The van der Waals surface area contributed by atoms with Crippen molar-refractivity contribution < 1.29 is 19.1 Å². The summed E-state index contributed by atoms with van der Waals surface area (Å²) in [5, 5.41) is 7.04. The molecule has 0 spiro atoms. The Morgan fingerprint density at radius 1 is 1.07 bits per heavy atom. The zero-order valence-electron chi connectivity index (χ0n) is 18.1. The topological polar surface area (TPSA) is 76.7 Å². The number of esters is 2. The number of ether oxygens (including phenoxy) is 2. The van der Waals surface area contributed by atoms with Crippen LogP contribution >= 0.6 is 23.6 Å². The lowest BCUT2D eigenvalue weighted by atomic mass is 9.96. The van der Waals surface area contributed by atoms with Crippen LogP contribution in [-0.4, -0.2) is 31.3 Å². The third-order valence-corrected chi connectivity index (χ3v) is 6.51. The maximum Gasteiger partial charge on any atom is 0.348 e. The summed E-state index contributed by atoms with van der Waals surface area (Å²) in [6.45, 7) is 8.07. The van der Waals surface area contributed by atoms with Gasteiger partial charge in [-0.2, -0.15) is 0 Å². The number of nitrogens with one attached hydrogen (secondary N) is 2. The van der Waals surface area contributed by atoms with Crippen molar-refractivity contribution in [1.82, 2.24) is 5.32 Å². The Morgan fingerprint density at radius 3 is 2.17 bits per heavy atom. The fraction of sp³-hybridized carbons (Fsp3) is 0.409. The summed E-state index contributed by atoms with van der Waals surface area (Å²) in [4.78, 5) is 24.6. The number of carbonyl (C=O) groups excluding carboxylic acids is 2. The van der Waals surface area contributed by atoms with E-state index in [0.29, 0.717) is 26.5 Å². The fourth-order valence-corrected chi connectivity index (χ4v) is 4.47. The van der Waals surface area contributed by atoms with Crippen LogP contribution in [-0.2, 0) is 9.47 Å². The van der Waals surface area contributed by atoms with Crippen molar-refractivity contribution in [2.75, 3.05) is 19.5 Å². The van der Waals surface area contributed by atoms with Gasteiger partial charge in [0, 0.05) is 0 Å². The Morgan fingerprint density at radius 2 is 1.63 bits per heavy atom. The van der Waals surface area contributed by atoms with Crippen LogP contribution in [0, 0.1) is 6.92 Å². The number of hydrogen-bond acceptors (Lipinski definition) is 6. The number of thiocarbonyl (C=S) groups is 1. The molecule has 162 valence electrons. The molecule has 0 radical (unpaired) electrons. The van der Waals surface area contributed by atoms with E-state index in [9.17, 15) is 9.59 Å². The molecule has 2 atom stereocenters. The predicted octanol–water partition coefficient (Wildman–Crippen LogP) is 5.19. The number of thiophene rings is 1. The monoisotopic (exact) mass is 448 g/mol. The molecule has 1 aromatic carbocycles. The Balaban J connectivity index is 2.17. The molecular formula is C22H28N2O4S2. The van der Waals surface area contributed by atoms with E-state index in [-0.39, 0.29) is 11.6 Å². The molecule has 1 aromatic heterocycles. The Bertz CT molecular complexity index is 922. The number of anilines is 1. The summed E-state index contributed by atoms with van der Waals surface area (Å²) in [7, 11) is 2.59. The molecular weight excluding hydrogens is 420 g/mol. The lowest BCUT2D eigenvalue weighted by Gasteiger charge is -2.18. The average Bonchev–Trinajstić information content (AvgIpc) is 3.07. The molecule has 2 N–H and O–H groups in total. The number of hydrogen-bond donors (Lipinski definition) is 2. The zero-order chi connectivity index (χ0) is 22.4. The van der Waals surface area contributed by atoms with E-state index < -0.39 is 11.9 Å². The van der Waals surface area contributed by atoms with Gasteiger partial charge in [0.1, 0.15) is 9.88 Å². The van der Waals surface area contributed by atoms with Crippen molar-refractivity contribution >= 4 is 45.6 Å². The largest absolute Gasteiger partial charge is 0.465 e. The molecule has 0 aliphatic heterocycles. The second kappa shape index (κ2) is 10.5. The maximum absolute atomic E-state index is 12.2. The van der Waals surface area contributed by atoms with Gasteiger partial charge in [-0.25, -0.2) is 9.59 Å². The SMILES string of the molecule is CCC(C)c1ccc(C(C)NC(=S)Nc2sc(C(=O)OC)c(C)c2C(=O)OC)cc1. The second-order valence-corrected chi connectivity index (χ2v) is 8.47. The lowest BCUT2D eigenvalue weighted by molar-refractivity contribution is 0.0601. The van der Waals surface area contributed by atoms with Crippen LogP contribution in [0.2, 0.25) is 0 Å². The molecule has 0 bridgehead atoms. The third kappa shape index (κ3) is 5.37. The van der Waals surface area contributed by atoms with Gasteiger partial charge in [-0.3, -0.25) is 0 Å². The summed E-state index contributed by atoms with van der Waals surface area (Å²) in [6, 6.07) is 8.41. The van der Waals surface area contributed by atoms with Crippen molar-refractivity contribution in [3.05, 3.63) is 51.4 Å². The fourth-order valence-electron chi connectivity index (χ4n) is 3.00. The van der Waals surface area contributed by atoms with E-state index in [1.165, 1.54) is 19.8 Å². The van der Waals surface area contributed by atoms with Crippen LogP contribution in [0.5, 0.6) is 0 Å². The highest BCUT2D eigenvalue weighted by Crippen LogP contribution is 2.34. The van der Waals surface area contributed by atoms with Crippen LogP contribution in [0.15, 0.2) is 24.3 Å². The van der Waals surface area contributed by atoms with Gasteiger partial charge in [0.25, 0.3) is 0 Å². The molecule has 0 saturated carbocycles. The standard InChI is InChI=1S/C22H28N2O4S2/c1-7-12(2)15-8-10-16(11-9-15)14(4)23-22(29)24-19-17(20(25)27-5)13(3)18(30-19)21(26)28-6/h8-12,14H,7H2,1-6H3,(H2,23,24,29). The predicted molar refractivity (Wildman–Crippen MR) is 125 cm³/mol. The highest BCUT2D eigenvalue weighted by atomic mass is 32.1. The normalized spacial score (nSPS) is 12.6. The Hall–Kier alpha value is -2.45. The van der Waals surface area contributed by atoms with Gasteiger partial charge in [0.15, 0.2) is 5.11 Å². The van der Waals surface area contributed by atoms with Gasteiger partial charge in [0.05, 0.1) is 25.8 Å². The van der Waals surface area contributed by atoms with Gasteiger partial charge in [-0.05, 0) is 55.1 Å². The van der Waals surface area contributed by atoms with Crippen molar-refractivity contribution in [3.63, 3.8) is 0 Å². The molecule has 0 amide bonds. The molecule has 0 aliphatic carbocycles. The quantitative estimate of drug-likeness (QED) is 0.446. The summed E-state index contributed by atoms with van der Waals surface area (Å²) in [5.74, 6) is -0.532. The first kappa shape index (κ1) is 23.8. The first-order valence-corrected chi connectivity index (χ1v) is 10.9. The maximum atomic E-state index is 12.2. The van der Waals surface area contributed by atoms with Crippen LogP contribution in [0.25, 0.3) is 0 Å². The molecule has 8 heteroatoms. The summed E-state index contributed by atoms with van der Waals surface area (Å²) >= 11 is 6.55. The lowest BCUT2D eigenvalue weighted by Crippen LogP contribution is -2.31. The van der Waals surface area contributed by atoms with E-state index in [1.807, 2.05) is 6.92 Å². The first-order valence-electron chi connectivity index (χ1n) is 9.70. The molecule has 2 unspecified atom stereocenters. The zero-order valence-corrected chi connectivity index (χ0v) is 19.8. The van der Waals surface area contributed by atoms with Gasteiger partial charge in [-0.15, -0.1) is 11.3 Å². The molecule has 2 rings (SSSR count). The second-order valence-electron chi connectivity index (χ2n) is 7.04. The number of rotatable bonds is 7. The van der Waals surface area contributed by atoms with Crippen molar-refractivity contribution in [1.29, 1.82) is 0 Å². The van der Waals surface area contributed by atoms with Crippen LogP contribution in [0.4, 0.5) is 5.00 Å². The van der Waals surface area contributed by atoms with E-state index in [2.05, 4.69) is 48.7 Å². The molecule has 6 nitrogen and oxygen atoms in total. The smallest absolute Gasteiger partial charge is 0.348 e. The van der Waals surface area contributed by atoms with E-state index in [0.717, 1.165) is 23.3 Å². The molecule has 2 aromatic rings.